The summed E-state index contributed by atoms with van der Waals surface area (Å²) in [5.74, 6) is 0.467. The van der Waals surface area contributed by atoms with E-state index in [0.29, 0.717) is 11.4 Å². The third-order valence-corrected chi connectivity index (χ3v) is 4.13. The number of methoxy groups -OCH3 is 1. The molecule has 6 nitrogen and oxygen atoms in total. The summed E-state index contributed by atoms with van der Waals surface area (Å²) in [6.07, 6.45) is 0.239. The zero-order valence-corrected chi connectivity index (χ0v) is 15.0. The van der Waals surface area contributed by atoms with Crippen molar-refractivity contribution in [1.29, 1.82) is 0 Å². The lowest BCUT2D eigenvalue weighted by Gasteiger charge is -2.08. The molecule has 134 valence electrons. The molecule has 2 aromatic carbocycles. The van der Waals surface area contributed by atoms with Gasteiger partial charge in [-0.25, -0.2) is 0 Å². The fourth-order valence-electron chi connectivity index (χ4n) is 2.96. The van der Waals surface area contributed by atoms with Crippen LogP contribution in [0.25, 0.3) is 10.9 Å². The maximum absolute atomic E-state index is 12.5. The van der Waals surface area contributed by atoms with E-state index in [4.69, 9.17) is 4.74 Å². The molecule has 0 fully saturated rings. The molecular weight excluding hydrogens is 330 g/mol. The molecule has 0 aliphatic carbocycles. The molecule has 0 aliphatic rings. The van der Waals surface area contributed by atoms with E-state index >= 15 is 0 Å². The van der Waals surface area contributed by atoms with Gasteiger partial charge in [0.15, 0.2) is 0 Å². The Kier molecular flexibility index (Phi) is 4.93. The van der Waals surface area contributed by atoms with Gasteiger partial charge >= 0.3 is 0 Å². The Morgan fingerprint density at radius 3 is 2.50 bits per heavy atom. The normalized spacial score (nSPS) is 10.6. The predicted octanol–water partition coefficient (Wildman–Crippen LogP) is 3.62. The van der Waals surface area contributed by atoms with Gasteiger partial charge in [0.2, 0.25) is 11.8 Å². The summed E-state index contributed by atoms with van der Waals surface area (Å²) in [6.45, 7) is 3.39. The molecule has 0 atom stereocenters. The number of hydrogen-bond donors (Lipinski definition) is 3. The van der Waals surface area contributed by atoms with Gasteiger partial charge in [-0.2, -0.15) is 0 Å². The maximum Gasteiger partial charge on any atom is 0.228 e. The van der Waals surface area contributed by atoms with E-state index in [1.165, 1.54) is 6.92 Å². The number of fused-ring (bicyclic) bond motifs is 1. The highest BCUT2D eigenvalue weighted by Crippen LogP contribution is 2.27. The number of hydrogen-bond acceptors (Lipinski definition) is 3. The molecule has 1 heterocycles. The van der Waals surface area contributed by atoms with Crippen LogP contribution in [0.5, 0.6) is 5.75 Å². The first kappa shape index (κ1) is 17.5. The van der Waals surface area contributed by atoms with Crippen molar-refractivity contribution in [2.75, 3.05) is 17.7 Å². The SMILES string of the molecule is COc1ccc2[nH]c(C)c(CC(=O)Nc3cccc(NC(C)=O)c3)c2c1. The van der Waals surface area contributed by atoms with Crippen molar-refractivity contribution in [1.82, 2.24) is 4.98 Å². The molecule has 2 amide bonds. The van der Waals surface area contributed by atoms with Gasteiger partial charge in [-0.1, -0.05) is 6.07 Å². The van der Waals surface area contributed by atoms with E-state index in [0.717, 1.165) is 27.9 Å². The number of H-pyrrole nitrogens is 1. The molecule has 3 N–H and O–H groups in total. The van der Waals surface area contributed by atoms with Gasteiger partial charge in [-0.05, 0) is 48.9 Å². The maximum atomic E-state index is 12.5. The molecule has 26 heavy (non-hydrogen) atoms. The Bertz CT molecular complexity index is 976. The van der Waals surface area contributed by atoms with Crippen molar-refractivity contribution in [3.63, 3.8) is 0 Å². The molecule has 0 radical (unpaired) electrons. The molecular formula is C20H21N3O3. The number of ether oxygens (including phenoxy) is 1. The van der Waals surface area contributed by atoms with Crippen molar-refractivity contribution in [3.05, 3.63) is 53.7 Å². The van der Waals surface area contributed by atoms with Gasteiger partial charge < -0.3 is 20.4 Å². The summed E-state index contributed by atoms with van der Waals surface area (Å²) in [7, 11) is 1.62. The van der Waals surface area contributed by atoms with Gasteiger partial charge in [0.25, 0.3) is 0 Å². The third-order valence-electron chi connectivity index (χ3n) is 4.13. The van der Waals surface area contributed by atoms with Gasteiger partial charge in [0, 0.05) is 34.9 Å². The van der Waals surface area contributed by atoms with Gasteiger partial charge in [-0.15, -0.1) is 0 Å². The van der Waals surface area contributed by atoms with Gasteiger partial charge in [0.1, 0.15) is 5.75 Å². The van der Waals surface area contributed by atoms with E-state index in [-0.39, 0.29) is 18.2 Å². The number of anilines is 2. The summed E-state index contributed by atoms with van der Waals surface area (Å²) < 4.78 is 5.28. The van der Waals surface area contributed by atoms with E-state index < -0.39 is 0 Å². The van der Waals surface area contributed by atoms with Crippen molar-refractivity contribution in [2.45, 2.75) is 20.3 Å². The Morgan fingerprint density at radius 2 is 1.81 bits per heavy atom. The topological polar surface area (TPSA) is 83.2 Å². The number of rotatable bonds is 5. The molecule has 0 unspecified atom stereocenters. The second-order valence-corrected chi connectivity index (χ2v) is 6.13. The average molecular weight is 351 g/mol. The lowest BCUT2D eigenvalue weighted by molar-refractivity contribution is -0.115. The Morgan fingerprint density at radius 1 is 1.08 bits per heavy atom. The van der Waals surface area contributed by atoms with Crippen LogP contribution in [-0.2, 0) is 16.0 Å². The first-order valence-electron chi connectivity index (χ1n) is 8.29. The fraction of sp³-hybridized carbons (Fsp3) is 0.200. The molecule has 0 saturated carbocycles. The minimum atomic E-state index is -0.156. The summed E-state index contributed by atoms with van der Waals surface area (Å²) in [5.41, 5.74) is 4.14. The fourth-order valence-corrected chi connectivity index (χ4v) is 2.96. The van der Waals surface area contributed by atoms with E-state index in [9.17, 15) is 9.59 Å². The van der Waals surface area contributed by atoms with E-state index in [2.05, 4.69) is 15.6 Å². The number of aryl methyl sites for hydroxylation is 1. The van der Waals surface area contributed by atoms with Crippen LogP contribution < -0.4 is 15.4 Å². The molecule has 0 saturated heterocycles. The first-order chi connectivity index (χ1) is 12.5. The van der Waals surface area contributed by atoms with Gasteiger partial charge in [-0.3, -0.25) is 9.59 Å². The number of carbonyl (C=O) groups excluding carboxylic acids is 2. The highest BCUT2D eigenvalue weighted by molar-refractivity contribution is 5.97. The Balaban J connectivity index is 1.79. The van der Waals surface area contributed by atoms with Crippen LogP contribution in [0, 0.1) is 6.92 Å². The van der Waals surface area contributed by atoms with Crippen molar-refractivity contribution in [3.8, 4) is 5.75 Å². The summed E-state index contributed by atoms with van der Waals surface area (Å²) in [6, 6.07) is 12.8. The minimum absolute atomic E-state index is 0.128. The highest BCUT2D eigenvalue weighted by Gasteiger charge is 2.13. The van der Waals surface area contributed by atoms with Gasteiger partial charge in [0.05, 0.1) is 13.5 Å². The lowest BCUT2D eigenvalue weighted by Crippen LogP contribution is -2.15. The van der Waals surface area contributed by atoms with Crippen LogP contribution in [0.2, 0.25) is 0 Å². The van der Waals surface area contributed by atoms with Crippen LogP contribution in [0.1, 0.15) is 18.2 Å². The molecule has 3 aromatic rings. The average Bonchev–Trinajstić information content (AvgIpc) is 2.89. The Labute approximate surface area is 151 Å². The number of carbonyl (C=O) groups is 2. The van der Waals surface area contributed by atoms with Crippen molar-refractivity contribution in [2.24, 2.45) is 0 Å². The summed E-state index contributed by atoms with van der Waals surface area (Å²) in [4.78, 5) is 27.0. The highest BCUT2D eigenvalue weighted by atomic mass is 16.5. The molecule has 1 aromatic heterocycles. The van der Waals surface area contributed by atoms with Crippen LogP contribution >= 0.6 is 0 Å². The number of aromatic nitrogens is 1. The van der Waals surface area contributed by atoms with E-state index in [1.54, 1.807) is 31.4 Å². The lowest BCUT2D eigenvalue weighted by atomic mass is 10.1. The molecule has 6 heteroatoms. The molecule has 0 spiro atoms. The van der Waals surface area contributed by atoms with Crippen LogP contribution in [0.15, 0.2) is 42.5 Å². The smallest absolute Gasteiger partial charge is 0.228 e. The zero-order chi connectivity index (χ0) is 18.7. The molecule has 0 bridgehead atoms. The minimum Gasteiger partial charge on any atom is -0.497 e. The number of aromatic amines is 1. The monoisotopic (exact) mass is 351 g/mol. The van der Waals surface area contributed by atoms with E-state index in [1.807, 2.05) is 25.1 Å². The second-order valence-electron chi connectivity index (χ2n) is 6.13. The standard InChI is InChI=1S/C20H21N3O3/c1-12-17(18-10-16(26-3)7-8-19(18)21-12)11-20(25)23-15-6-4-5-14(9-15)22-13(2)24/h4-10,21H,11H2,1-3H3,(H,22,24)(H,23,25). The number of benzene rings is 2. The van der Waals surface area contributed by atoms with Crippen molar-refractivity contribution < 1.29 is 14.3 Å². The summed E-state index contributed by atoms with van der Waals surface area (Å²) in [5, 5.41) is 6.56. The zero-order valence-electron chi connectivity index (χ0n) is 15.0. The van der Waals surface area contributed by atoms with Crippen LogP contribution in [0.3, 0.4) is 0 Å². The summed E-state index contributed by atoms with van der Waals surface area (Å²) >= 11 is 0. The second kappa shape index (κ2) is 7.31. The number of amides is 2. The third kappa shape index (κ3) is 3.85. The first-order valence-corrected chi connectivity index (χ1v) is 8.29. The number of nitrogens with one attached hydrogen (secondary N) is 3. The largest absolute Gasteiger partial charge is 0.497 e. The quantitative estimate of drug-likeness (QED) is 0.656. The predicted molar refractivity (Wildman–Crippen MR) is 103 cm³/mol. The van der Waals surface area contributed by atoms with Crippen LogP contribution in [-0.4, -0.2) is 23.9 Å². The Hall–Kier alpha value is -3.28. The molecule has 3 rings (SSSR count). The van der Waals surface area contributed by atoms with Crippen molar-refractivity contribution >= 4 is 34.1 Å². The molecule has 0 aliphatic heterocycles. The van der Waals surface area contributed by atoms with Crippen LogP contribution in [0.4, 0.5) is 11.4 Å².